The Balaban J connectivity index is 1.68. The molecule has 2 unspecified atom stereocenters. The topological polar surface area (TPSA) is 51.4 Å². The van der Waals surface area contributed by atoms with Crippen molar-refractivity contribution in [2.24, 2.45) is 17.6 Å². The van der Waals surface area contributed by atoms with Crippen LogP contribution in [0.1, 0.15) is 37.8 Å². The maximum absolute atomic E-state index is 6.79. The maximum atomic E-state index is 6.79. The molecule has 0 amide bonds. The number of pyridine rings is 1. The second-order valence-corrected chi connectivity index (χ2v) is 7.32. The summed E-state index contributed by atoms with van der Waals surface area (Å²) in [6.07, 6.45) is 5.74. The Morgan fingerprint density at radius 2 is 2.25 bits per heavy atom. The van der Waals surface area contributed by atoms with E-state index < -0.39 is 0 Å². The molecule has 0 saturated carbocycles. The summed E-state index contributed by atoms with van der Waals surface area (Å²) >= 11 is 0. The molecule has 2 N–H and O–H groups in total. The van der Waals surface area contributed by atoms with Crippen LogP contribution in [0, 0.1) is 11.8 Å². The zero-order valence-electron chi connectivity index (χ0n) is 14.6. The van der Waals surface area contributed by atoms with Crippen molar-refractivity contribution < 1.29 is 4.74 Å². The van der Waals surface area contributed by atoms with Gasteiger partial charge in [-0.1, -0.05) is 13.3 Å². The van der Waals surface area contributed by atoms with Crippen LogP contribution in [0.15, 0.2) is 30.5 Å². The second kappa shape index (κ2) is 6.34. The number of piperidine rings is 3. The molecule has 3 aliphatic heterocycles. The predicted molar refractivity (Wildman–Crippen MR) is 97.1 cm³/mol. The van der Waals surface area contributed by atoms with Crippen LogP contribution in [0.3, 0.4) is 0 Å². The second-order valence-electron chi connectivity index (χ2n) is 7.32. The molecule has 1 aromatic heterocycles. The lowest BCUT2D eigenvalue weighted by Gasteiger charge is -2.51. The molecule has 2 aromatic rings. The summed E-state index contributed by atoms with van der Waals surface area (Å²) in [4.78, 5) is 7.12. The number of methoxy groups -OCH3 is 1. The SMILES string of the molecule is CC[C@H]1C[N@@]2CCC1CC2[C@H](N)c1ccnc2ccc(OC)cc12. The van der Waals surface area contributed by atoms with Gasteiger partial charge in [-0.2, -0.15) is 0 Å². The summed E-state index contributed by atoms with van der Waals surface area (Å²) in [5, 5.41) is 1.12. The lowest BCUT2D eigenvalue weighted by Crippen LogP contribution is -2.56. The van der Waals surface area contributed by atoms with Crippen molar-refractivity contribution in [1.29, 1.82) is 0 Å². The molecule has 3 fully saturated rings. The van der Waals surface area contributed by atoms with Crippen molar-refractivity contribution in [3.63, 3.8) is 0 Å². The highest BCUT2D eigenvalue weighted by Gasteiger charge is 2.41. The molecule has 4 heterocycles. The van der Waals surface area contributed by atoms with E-state index in [1.807, 2.05) is 18.3 Å². The van der Waals surface area contributed by atoms with Crippen LogP contribution in [0.25, 0.3) is 10.9 Å². The first-order chi connectivity index (χ1) is 11.7. The summed E-state index contributed by atoms with van der Waals surface area (Å²) in [7, 11) is 1.70. The summed E-state index contributed by atoms with van der Waals surface area (Å²) in [5.74, 6) is 2.57. The van der Waals surface area contributed by atoms with Crippen LogP contribution in [-0.4, -0.2) is 36.1 Å². The lowest BCUT2D eigenvalue weighted by molar-refractivity contribution is -0.0105. The highest BCUT2D eigenvalue weighted by atomic mass is 16.5. The van der Waals surface area contributed by atoms with Crippen molar-refractivity contribution in [1.82, 2.24) is 9.88 Å². The van der Waals surface area contributed by atoms with Gasteiger partial charge >= 0.3 is 0 Å². The van der Waals surface area contributed by atoms with E-state index >= 15 is 0 Å². The number of rotatable bonds is 4. The van der Waals surface area contributed by atoms with Gasteiger partial charge in [-0.05, 0) is 61.1 Å². The highest BCUT2D eigenvalue weighted by molar-refractivity contribution is 5.84. The van der Waals surface area contributed by atoms with Crippen molar-refractivity contribution in [3.05, 3.63) is 36.0 Å². The van der Waals surface area contributed by atoms with E-state index in [0.717, 1.165) is 28.5 Å². The molecular weight excluding hydrogens is 298 g/mol. The molecule has 3 saturated heterocycles. The molecule has 2 bridgehead atoms. The van der Waals surface area contributed by atoms with Gasteiger partial charge in [0, 0.05) is 30.2 Å². The Hall–Kier alpha value is -1.65. The lowest BCUT2D eigenvalue weighted by atomic mass is 9.72. The molecule has 128 valence electrons. The first kappa shape index (κ1) is 15.9. The van der Waals surface area contributed by atoms with E-state index in [0.29, 0.717) is 6.04 Å². The van der Waals surface area contributed by atoms with E-state index in [2.05, 4.69) is 28.9 Å². The zero-order valence-corrected chi connectivity index (χ0v) is 14.6. The standard InChI is InChI=1S/C20H27N3O/c1-3-13-12-23-9-7-14(13)10-19(23)20(21)16-6-8-22-18-5-4-15(24-2)11-17(16)18/h4-6,8,11,13-14,19-20H,3,7,9-10,12,21H2,1-2H3/t13-,14?,19?,20+/m0/s1. The quantitative estimate of drug-likeness (QED) is 0.936. The molecule has 24 heavy (non-hydrogen) atoms. The van der Waals surface area contributed by atoms with E-state index in [4.69, 9.17) is 10.5 Å². The maximum Gasteiger partial charge on any atom is 0.119 e. The average molecular weight is 325 g/mol. The van der Waals surface area contributed by atoms with Crippen LogP contribution in [0.5, 0.6) is 5.75 Å². The largest absolute Gasteiger partial charge is 0.497 e. The van der Waals surface area contributed by atoms with Crippen LogP contribution in [0.2, 0.25) is 0 Å². The number of hydrogen-bond donors (Lipinski definition) is 1. The van der Waals surface area contributed by atoms with Crippen molar-refractivity contribution in [3.8, 4) is 5.75 Å². The Kier molecular flexibility index (Phi) is 4.19. The van der Waals surface area contributed by atoms with E-state index in [1.165, 1.54) is 37.9 Å². The number of fused-ring (bicyclic) bond motifs is 4. The Morgan fingerprint density at radius 3 is 2.96 bits per heavy atom. The van der Waals surface area contributed by atoms with E-state index in [-0.39, 0.29) is 6.04 Å². The molecule has 0 spiro atoms. The summed E-state index contributed by atoms with van der Waals surface area (Å²) < 4.78 is 5.40. The Morgan fingerprint density at radius 1 is 1.38 bits per heavy atom. The number of hydrogen-bond acceptors (Lipinski definition) is 4. The van der Waals surface area contributed by atoms with E-state index in [1.54, 1.807) is 7.11 Å². The summed E-state index contributed by atoms with van der Waals surface area (Å²) in [5.41, 5.74) is 8.98. The van der Waals surface area contributed by atoms with Gasteiger partial charge in [0.25, 0.3) is 0 Å². The van der Waals surface area contributed by atoms with Gasteiger partial charge < -0.3 is 10.5 Å². The summed E-state index contributed by atoms with van der Waals surface area (Å²) in [6, 6.07) is 8.62. The van der Waals surface area contributed by atoms with Crippen LogP contribution in [0.4, 0.5) is 0 Å². The van der Waals surface area contributed by atoms with Gasteiger partial charge in [-0.25, -0.2) is 0 Å². The third-order valence-electron chi connectivity index (χ3n) is 6.22. The molecular formula is C20H27N3O. The molecule has 0 aliphatic carbocycles. The minimum Gasteiger partial charge on any atom is -0.497 e. The van der Waals surface area contributed by atoms with Crippen molar-refractivity contribution in [2.45, 2.75) is 38.3 Å². The van der Waals surface area contributed by atoms with Gasteiger partial charge in [-0.3, -0.25) is 9.88 Å². The highest BCUT2D eigenvalue weighted by Crippen LogP contribution is 2.42. The Bertz CT molecular complexity index is 732. The van der Waals surface area contributed by atoms with Crippen LogP contribution < -0.4 is 10.5 Å². The smallest absolute Gasteiger partial charge is 0.119 e. The average Bonchev–Trinajstić information content (AvgIpc) is 2.66. The zero-order chi connectivity index (χ0) is 16.7. The van der Waals surface area contributed by atoms with E-state index in [9.17, 15) is 0 Å². The van der Waals surface area contributed by atoms with Gasteiger partial charge in [0.1, 0.15) is 5.75 Å². The van der Waals surface area contributed by atoms with Crippen LogP contribution >= 0.6 is 0 Å². The van der Waals surface area contributed by atoms with Crippen LogP contribution in [-0.2, 0) is 0 Å². The molecule has 5 atom stereocenters. The van der Waals surface area contributed by atoms with Crippen molar-refractivity contribution in [2.75, 3.05) is 20.2 Å². The minimum absolute atomic E-state index is 0.0308. The number of nitrogens with zero attached hydrogens (tertiary/aromatic N) is 2. The molecule has 3 aliphatic rings. The monoisotopic (exact) mass is 325 g/mol. The number of benzene rings is 1. The molecule has 1 aromatic carbocycles. The molecule has 4 nitrogen and oxygen atoms in total. The fourth-order valence-electron chi connectivity index (χ4n) is 4.79. The third kappa shape index (κ3) is 2.58. The predicted octanol–water partition coefficient (Wildman–Crippen LogP) is 3.36. The molecule has 4 heteroatoms. The fraction of sp³-hybridized carbons (Fsp3) is 0.550. The third-order valence-corrected chi connectivity index (χ3v) is 6.22. The van der Waals surface area contributed by atoms with Gasteiger partial charge in [0.15, 0.2) is 0 Å². The number of ether oxygens (including phenoxy) is 1. The summed E-state index contributed by atoms with van der Waals surface area (Å²) in [6.45, 7) is 4.74. The Labute approximate surface area is 144 Å². The van der Waals surface area contributed by atoms with Crippen molar-refractivity contribution >= 4 is 10.9 Å². The van der Waals surface area contributed by atoms with Gasteiger partial charge in [-0.15, -0.1) is 0 Å². The van der Waals surface area contributed by atoms with Gasteiger partial charge in [0.05, 0.1) is 12.6 Å². The first-order valence-electron chi connectivity index (χ1n) is 9.13. The molecule has 5 rings (SSSR count). The minimum atomic E-state index is 0.0308. The normalized spacial score (nSPS) is 30.5. The number of aromatic nitrogens is 1. The first-order valence-corrected chi connectivity index (χ1v) is 9.13. The fourth-order valence-corrected chi connectivity index (χ4v) is 4.79. The number of nitrogens with two attached hydrogens (primary N) is 1. The van der Waals surface area contributed by atoms with Gasteiger partial charge in [0.2, 0.25) is 0 Å². The molecule has 0 radical (unpaired) electrons.